The van der Waals surface area contributed by atoms with E-state index in [0.717, 1.165) is 34.6 Å². The molecular weight excluding hydrogens is 402 g/mol. The molecule has 1 atom stereocenters. The van der Waals surface area contributed by atoms with Crippen molar-refractivity contribution in [1.29, 1.82) is 0 Å². The maximum Gasteiger partial charge on any atom is 0.412 e. The van der Waals surface area contributed by atoms with Crippen LogP contribution in [0.5, 0.6) is 5.75 Å². The first kappa shape index (κ1) is 20.2. The van der Waals surface area contributed by atoms with Crippen LogP contribution in [0.15, 0.2) is 65.8 Å². The smallest absolute Gasteiger partial charge is 0.412 e. The zero-order valence-electron chi connectivity index (χ0n) is 18.0. The summed E-state index contributed by atoms with van der Waals surface area (Å²) in [6.07, 6.45) is 2.13. The number of carbonyl (C=O) groups is 1. The van der Waals surface area contributed by atoms with Crippen molar-refractivity contribution in [3.8, 4) is 16.9 Å². The van der Waals surface area contributed by atoms with Crippen molar-refractivity contribution < 1.29 is 14.6 Å². The summed E-state index contributed by atoms with van der Waals surface area (Å²) < 4.78 is 6.08. The summed E-state index contributed by atoms with van der Waals surface area (Å²) in [5.41, 5.74) is 6.60. The fraction of sp³-hybridized carbons (Fsp3) is 0.269. The number of ether oxygens (including phenoxy) is 1. The van der Waals surface area contributed by atoms with Gasteiger partial charge in [-0.15, -0.1) is 0 Å². The molecule has 162 valence electrons. The van der Waals surface area contributed by atoms with Gasteiger partial charge in [0.25, 0.3) is 0 Å². The van der Waals surface area contributed by atoms with Crippen LogP contribution in [-0.2, 0) is 6.42 Å². The monoisotopic (exact) mass is 427 g/mol. The summed E-state index contributed by atoms with van der Waals surface area (Å²) in [5.74, 6) is 1.32. The standard InChI is InChI=1S/C26H25N3O3/c1-17-5-7-18(8-6-17)20-14-19-9-13-32-25(19)22(15-20)21(23-4-2-3-10-27-23)16-24-28-11-12-29(24)26(30)31/h2-8,10,14-15,21H,9,11-13,16H2,1H3,(H,30,31). The fourth-order valence-electron chi connectivity index (χ4n) is 4.52. The number of hydrogen-bond acceptors (Lipinski definition) is 4. The van der Waals surface area contributed by atoms with Crippen molar-refractivity contribution in [1.82, 2.24) is 9.88 Å². The molecule has 0 bridgehead atoms. The molecule has 2 aromatic carbocycles. The van der Waals surface area contributed by atoms with Gasteiger partial charge in [0, 0.05) is 36.2 Å². The average molecular weight is 428 g/mol. The number of aromatic nitrogens is 1. The third-order valence-corrected chi connectivity index (χ3v) is 6.16. The lowest BCUT2D eigenvalue weighted by atomic mass is 9.86. The number of amidine groups is 1. The van der Waals surface area contributed by atoms with E-state index < -0.39 is 6.09 Å². The van der Waals surface area contributed by atoms with Crippen LogP contribution in [0, 0.1) is 6.92 Å². The van der Waals surface area contributed by atoms with Crippen LogP contribution >= 0.6 is 0 Å². The molecule has 0 radical (unpaired) electrons. The highest BCUT2D eigenvalue weighted by Gasteiger charge is 2.31. The van der Waals surface area contributed by atoms with E-state index in [-0.39, 0.29) is 5.92 Å². The van der Waals surface area contributed by atoms with E-state index in [1.54, 1.807) is 6.20 Å². The first-order valence-electron chi connectivity index (χ1n) is 10.9. The lowest BCUT2D eigenvalue weighted by Crippen LogP contribution is -2.34. The molecule has 2 aliphatic rings. The Morgan fingerprint density at radius 1 is 1.16 bits per heavy atom. The van der Waals surface area contributed by atoms with Gasteiger partial charge in [-0.25, -0.2) is 4.79 Å². The van der Waals surface area contributed by atoms with E-state index in [4.69, 9.17) is 4.74 Å². The molecule has 1 N–H and O–H groups in total. The number of carboxylic acid groups (broad SMARTS) is 1. The number of rotatable bonds is 5. The van der Waals surface area contributed by atoms with Crippen LogP contribution in [0.4, 0.5) is 4.79 Å². The van der Waals surface area contributed by atoms with Crippen LogP contribution in [-0.4, -0.2) is 46.6 Å². The third kappa shape index (κ3) is 3.84. The predicted molar refractivity (Wildman–Crippen MR) is 124 cm³/mol. The molecule has 0 aliphatic carbocycles. The van der Waals surface area contributed by atoms with E-state index in [2.05, 4.69) is 53.3 Å². The average Bonchev–Trinajstić information content (AvgIpc) is 3.47. The molecule has 5 rings (SSSR count). The normalized spacial score (nSPS) is 15.8. The SMILES string of the molecule is Cc1ccc(-c2cc3c(c(C(CC4=NCCN4C(=O)O)c4ccccn4)c2)OCC3)cc1. The number of fused-ring (bicyclic) bond motifs is 1. The Balaban J connectivity index is 1.62. The number of benzene rings is 2. The lowest BCUT2D eigenvalue weighted by Gasteiger charge is -2.23. The van der Waals surface area contributed by atoms with E-state index in [1.165, 1.54) is 16.0 Å². The second kappa shape index (κ2) is 8.46. The highest BCUT2D eigenvalue weighted by atomic mass is 16.5. The van der Waals surface area contributed by atoms with E-state index in [9.17, 15) is 9.90 Å². The van der Waals surface area contributed by atoms with Gasteiger partial charge in [0.15, 0.2) is 0 Å². The van der Waals surface area contributed by atoms with Crippen molar-refractivity contribution >= 4 is 11.9 Å². The molecule has 0 fully saturated rings. The summed E-state index contributed by atoms with van der Waals surface area (Å²) >= 11 is 0. The number of amides is 1. The van der Waals surface area contributed by atoms with Crippen molar-refractivity contribution in [3.05, 3.63) is 83.2 Å². The summed E-state index contributed by atoms with van der Waals surface area (Å²) in [6, 6.07) is 18.7. The van der Waals surface area contributed by atoms with E-state index >= 15 is 0 Å². The van der Waals surface area contributed by atoms with Crippen molar-refractivity contribution in [2.24, 2.45) is 4.99 Å². The lowest BCUT2D eigenvalue weighted by molar-refractivity contribution is 0.171. The minimum Gasteiger partial charge on any atom is -0.493 e. The molecule has 0 spiro atoms. The van der Waals surface area contributed by atoms with E-state index in [1.807, 2.05) is 18.2 Å². The minimum absolute atomic E-state index is 0.160. The number of aryl methyl sites for hydroxylation is 1. The quantitative estimate of drug-likeness (QED) is 0.628. The van der Waals surface area contributed by atoms with Crippen molar-refractivity contribution in [2.45, 2.75) is 25.7 Å². The zero-order valence-corrected chi connectivity index (χ0v) is 18.0. The molecule has 6 nitrogen and oxygen atoms in total. The third-order valence-electron chi connectivity index (χ3n) is 6.16. The number of pyridine rings is 1. The van der Waals surface area contributed by atoms with Crippen LogP contribution in [0.25, 0.3) is 11.1 Å². The number of nitrogens with zero attached hydrogens (tertiary/aromatic N) is 3. The van der Waals surface area contributed by atoms with Crippen molar-refractivity contribution in [3.63, 3.8) is 0 Å². The molecule has 0 saturated heterocycles. The molecule has 3 heterocycles. The van der Waals surface area contributed by atoms with Gasteiger partial charge in [0.2, 0.25) is 0 Å². The van der Waals surface area contributed by atoms with Crippen LogP contribution in [0.3, 0.4) is 0 Å². The maximum atomic E-state index is 11.7. The van der Waals surface area contributed by atoms with E-state index in [0.29, 0.717) is 32.0 Å². The fourth-order valence-corrected chi connectivity index (χ4v) is 4.52. The summed E-state index contributed by atoms with van der Waals surface area (Å²) in [7, 11) is 0. The highest BCUT2D eigenvalue weighted by molar-refractivity contribution is 5.96. The van der Waals surface area contributed by atoms with Gasteiger partial charge in [-0.05, 0) is 47.9 Å². The Labute approximate surface area is 187 Å². The number of hydrogen-bond donors (Lipinski definition) is 1. The van der Waals surface area contributed by atoms with Crippen LogP contribution < -0.4 is 4.74 Å². The molecule has 3 aromatic rings. The van der Waals surface area contributed by atoms with Gasteiger partial charge in [0.05, 0.1) is 19.7 Å². The summed E-state index contributed by atoms with van der Waals surface area (Å²) in [4.78, 5) is 22.2. The first-order chi connectivity index (χ1) is 15.6. The van der Waals surface area contributed by atoms with Gasteiger partial charge in [-0.1, -0.05) is 35.9 Å². The molecule has 32 heavy (non-hydrogen) atoms. The van der Waals surface area contributed by atoms with Gasteiger partial charge >= 0.3 is 6.09 Å². The molecule has 1 unspecified atom stereocenters. The van der Waals surface area contributed by atoms with Crippen molar-refractivity contribution in [2.75, 3.05) is 19.7 Å². The second-order valence-corrected chi connectivity index (χ2v) is 8.26. The molecule has 6 heteroatoms. The predicted octanol–water partition coefficient (Wildman–Crippen LogP) is 4.91. The molecule has 1 aromatic heterocycles. The Kier molecular flexibility index (Phi) is 5.35. The Morgan fingerprint density at radius 3 is 2.75 bits per heavy atom. The van der Waals surface area contributed by atoms with Gasteiger partial charge in [-0.2, -0.15) is 0 Å². The second-order valence-electron chi connectivity index (χ2n) is 8.26. The molecular formula is C26H25N3O3. The first-order valence-corrected chi connectivity index (χ1v) is 10.9. The molecule has 1 amide bonds. The maximum absolute atomic E-state index is 11.7. The zero-order chi connectivity index (χ0) is 22.1. The summed E-state index contributed by atoms with van der Waals surface area (Å²) in [6.45, 7) is 3.63. The Bertz CT molecular complexity index is 1170. The van der Waals surface area contributed by atoms with Crippen LogP contribution in [0.2, 0.25) is 0 Å². The van der Waals surface area contributed by atoms with Gasteiger partial charge in [-0.3, -0.25) is 14.9 Å². The van der Waals surface area contributed by atoms with Gasteiger partial charge < -0.3 is 9.84 Å². The molecule has 0 saturated carbocycles. The largest absolute Gasteiger partial charge is 0.493 e. The van der Waals surface area contributed by atoms with Crippen LogP contribution in [0.1, 0.15) is 34.7 Å². The minimum atomic E-state index is -0.962. The topological polar surface area (TPSA) is 75.0 Å². The molecule has 2 aliphatic heterocycles. The summed E-state index contributed by atoms with van der Waals surface area (Å²) in [5, 5.41) is 9.61. The number of aliphatic imine (C=N–C) groups is 1. The Morgan fingerprint density at radius 2 is 2.00 bits per heavy atom. The Hall–Kier alpha value is -3.67. The highest BCUT2D eigenvalue weighted by Crippen LogP contribution is 2.42. The van der Waals surface area contributed by atoms with Gasteiger partial charge in [0.1, 0.15) is 11.6 Å².